The molecule has 0 radical (unpaired) electrons. The Morgan fingerprint density at radius 2 is 2.15 bits per heavy atom. The van der Waals surface area contributed by atoms with Crippen LogP contribution in [0, 0.1) is 0 Å². The molecule has 1 atom stereocenters. The Labute approximate surface area is 125 Å². The molecule has 0 aliphatic carbocycles. The lowest BCUT2D eigenvalue weighted by molar-refractivity contribution is -0.117. The van der Waals surface area contributed by atoms with Gasteiger partial charge >= 0.3 is 0 Å². The Bertz CT molecular complexity index is 629. The summed E-state index contributed by atoms with van der Waals surface area (Å²) in [6.45, 7) is 1.44. The Morgan fingerprint density at radius 3 is 2.95 bits per heavy atom. The zero-order valence-electron chi connectivity index (χ0n) is 10.6. The van der Waals surface area contributed by atoms with Crippen LogP contribution in [-0.2, 0) is 11.3 Å². The number of rotatable bonds is 2. The van der Waals surface area contributed by atoms with E-state index < -0.39 is 0 Å². The molecule has 3 rings (SSSR count). The van der Waals surface area contributed by atoms with Gasteiger partial charge in [0.2, 0.25) is 5.91 Å². The number of hydrogen-bond acceptors (Lipinski definition) is 4. The van der Waals surface area contributed by atoms with Crippen molar-refractivity contribution in [2.45, 2.75) is 12.5 Å². The highest BCUT2D eigenvalue weighted by Crippen LogP contribution is 2.24. The molecule has 102 valence electrons. The second-order valence-corrected chi connectivity index (χ2v) is 5.41. The van der Waals surface area contributed by atoms with Crippen LogP contribution in [-0.4, -0.2) is 22.4 Å². The lowest BCUT2D eigenvalue weighted by Crippen LogP contribution is -2.35. The molecular formula is C14H13BrN4O. The Kier molecular flexibility index (Phi) is 3.75. The predicted octanol–water partition coefficient (Wildman–Crippen LogP) is 2.06. The highest BCUT2D eigenvalue weighted by molar-refractivity contribution is 9.10. The van der Waals surface area contributed by atoms with E-state index in [0.29, 0.717) is 17.0 Å². The zero-order chi connectivity index (χ0) is 13.9. The van der Waals surface area contributed by atoms with Crippen LogP contribution >= 0.6 is 15.9 Å². The number of nitrogens with zero attached hydrogens (tertiary/aromatic N) is 2. The van der Waals surface area contributed by atoms with Crippen LogP contribution in [0.1, 0.15) is 17.0 Å². The fourth-order valence-corrected chi connectivity index (χ4v) is 2.53. The van der Waals surface area contributed by atoms with Gasteiger partial charge in [-0.2, -0.15) is 0 Å². The van der Waals surface area contributed by atoms with E-state index in [-0.39, 0.29) is 11.8 Å². The van der Waals surface area contributed by atoms with E-state index in [1.807, 2.05) is 24.3 Å². The van der Waals surface area contributed by atoms with Crippen molar-refractivity contribution in [3.63, 3.8) is 0 Å². The number of hydrogen-bond donors (Lipinski definition) is 2. The quantitative estimate of drug-likeness (QED) is 0.883. The van der Waals surface area contributed by atoms with Crippen molar-refractivity contribution in [1.29, 1.82) is 0 Å². The SMILES string of the molecule is O=C(Nc1cnc(Br)cn1)C1CNCc2ccccc21. The fourth-order valence-electron chi connectivity index (χ4n) is 2.32. The summed E-state index contributed by atoms with van der Waals surface area (Å²) in [5.74, 6) is 0.188. The minimum Gasteiger partial charge on any atom is -0.312 e. The molecule has 1 aromatic carbocycles. The van der Waals surface area contributed by atoms with Gasteiger partial charge in [-0.15, -0.1) is 0 Å². The summed E-state index contributed by atoms with van der Waals surface area (Å²) in [7, 11) is 0. The van der Waals surface area contributed by atoms with Crippen LogP contribution in [0.25, 0.3) is 0 Å². The van der Waals surface area contributed by atoms with E-state index in [1.165, 1.54) is 11.8 Å². The first kappa shape index (κ1) is 13.2. The van der Waals surface area contributed by atoms with Crippen LogP contribution in [0.15, 0.2) is 41.3 Å². The van der Waals surface area contributed by atoms with Crippen LogP contribution in [0.5, 0.6) is 0 Å². The largest absolute Gasteiger partial charge is 0.312 e. The summed E-state index contributed by atoms with van der Waals surface area (Å²) in [4.78, 5) is 20.5. The molecule has 20 heavy (non-hydrogen) atoms. The van der Waals surface area contributed by atoms with Gasteiger partial charge in [0, 0.05) is 13.1 Å². The maximum absolute atomic E-state index is 12.4. The third-order valence-corrected chi connectivity index (χ3v) is 3.69. The van der Waals surface area contributed by atoms with Gasteiger partial charge in [-0.25, -0.2) is 9.97 Å². The summed E-state index contributed by atoms with van der Waals surface area (Å²) in [5.41, 5.74) is 2.25. The number of anilines is 1. The molecule has 1 unspecified atom stereocenters. The van der Waals surface area contributed by atoms with Crippen LogP contribution < -0.4 is 10.6 Å². The molecule has 1 amide bonds. The van der Waals surface area contributed by atoms with Gasteiger partial charge < -0.3 is 10.6 Å². The van der Waals surface area contributed by atoms with Crippen LogP contribution in [0.2, 0.25) is 0 Å². The number of halogens is 1. The van der Waals surface area contributed by atoms with Gasteiger partial charge in [-0.3, -0.25) is 4.79 Å². The van der Waals surface area contributed by atoms with E-state index in [2.05, 4.69) is 36.5 Å². The first-order valence-corrected chi connectivity index (χ1v) is 7.10. The van der Waals surface area contributed by atoms with Crippen LogP contribution in [0.3, 0.4) is 0 Å². The monoisotopic (exact) mass is 332 g/mol. The standard InChI is InChI=1S/C14H13BrN4O/c15-12-7-18-13(8-17-12)19-14(20)11-6-16-5-9-3-1-2-4-10(9)11/h1-4,7-8,11,16H,5-6H2,(H,18,19,20). The summed E-state index contributed by atoms with van der Waals surface area (Å²) >= 11 is 3.21. The Morgan fingerprint density at radius 1 is 1.30 bits per heavy atom. The molecule has 1 aliphatic rings. The average molecular weight is 333 g/mol. The van der Waals surface area contributed by atoms with Crippen molar-refractivity contribution in [1.82, 2.24) is 15.3 Å². The first-order chi connectivity index (χ1) is 9.74. The Hall–Kier alpha value is -1.79. The number of carbonyl (C=O) groups excluding carboxylic acids is 1. The van der Waals surface area contributed by atoms with Crippen LogP contribution in [0.4, 0.5) is 5.82 Å². The highest BCUT2D eigenvalue weighted by atomic mass is 79.9. The maximum Gasteiger partial charge on any atom is 0.234 e. The number of aromatic nitrogens is 2. The second-order valence-electron chi connectivity index (χ2n) is 4.60. The summed E-state index contributed by atoms with van der Waals surface area (Å²) < 4.78 is 0.639. The van der Waals surface area contributed by atoms with Gasteiger partial charge in [0.25, 0.3) is 0 Å². The number of amides is 1. The third-order valence-electron chi connectivity index (χ3n) is 3.28. The number of nitrogens with one attached hydrogen (secondary N) is 2. The molecule has 0 saturated heterocycles. The highest BCUT2D eigenvalue weighted by Gasteiger charge is 2.26. The minimum atomic E-state index is -0.203. The molecule has 2 aromatic rings. The van der Waals surface area contributed by atoms with Gasteiger partial charge in [-0.05, 0) is 27.1 Å². The molecular weight excluding hydrogens is 320 g/mol. The topological polar surface area (TPSA) is 66.9 Å². The predicted molar refractivity (Wildman–Crippen MR) is 79.3 cm³/mol. The minimum absolute atomic E-state index is 0.0683. The van der Waals surface area contributed by atoms with Gasteiger partial charge in [0.1, 0.15) is 4.60 Å². The summed E-state index contributed by atoms with van der Waals surface area (Å²) in [6.07, 6.45) is 3.09. The van der Waals surface area contributed by atoms with Crippen molar-refractivity contribution in [2.24, 2.45) is 0 Å². The van der Waals surface area contributed by atoms with Crippen molar-refractivity contribution >= 4 is 27.7 Å². The van der Waals surface area contributed by atoms with E-state index in [4.69, 9.17) is 0 Å². The van der Waals surface area contributed by atoms with E-state index >= 15 is 0 Å². The van der Waals surface area contributed by atoms with Gasteiger partial charge in [-0.1, -0.05) is 24.3 Å². The van der Waals surface area contributed by atoms with E-state index in [1.54, 1.807) is 6.20 Å². The molecule has 1 aliphatic heterocycles. The number of benzene rings is 1. The second kappa shape index (κ2) is 5.68. The number of fused-ring (bicyclic) bond motifs is 1. The molecule has 2 N–H and O–H groups in total. The fraction of sp³-hybridized carbons (Fsp3) is 0.214. The Balaban J connectivity index is 1.80. The average Bonchev–Trinajstić information content (AvgIpc) is 2.49. The van der Waals surface area contributed by atoms with E-state index in [0.717, 1.165) is 12.1 Å². The molecule has 0 fully saturated rings. The molecule has 1 aromatic heterocycles. The van der Waals surface area contributed by atoms with Gasteiger partial charge in [0.05, 0.1) is 18.3 Å². The summed E-state index contributed by atoms with van der Waals surface area (Å²) in [5, 5.41) is 6.07. The molecule has 6 heteroatoms. The van der Waals surface area contributed by atoms with Gasteiger partial charge in [0.15, 0.2) is 5.82 Å². The van der Waals surface area contributed by atoms with Crippen molar-refractivity contribution in [2.75, 3.05) is 11.9 Å². The lowest BCUT2D eigenvalue weighted by atomic mass is 9.90. The van der Waals surface area contributed by atoms with Crippen molar-refractivity contribution in [3.05, 3.63) is 52.4 Å². The molecule has 2 heterocycles. The molecule has 0 bridgehead atoms. The number of carbonyl (C=O) groups is 1. The maximum atomic E-state index is 12.4. The third kappa shape index (κ3) is 2.71. The van der Waals surface area contributed by atoms with Crippen molar-refractivity contribution in [3.8, 4) is 0 Å². The lowest BCUT2D eigenvalue weighted by Gasteiger charge is -2.25. The summed E-state index contributed by atoms with van der Waals surface area (Å²) in [6, 6.07) is 8.00. The van der Waals surface area contributed by atoms with Crippen molar-refractivity contribution < 1.29 is 4.79 Å². The van der Waals surface area contributed by atoms with E-state index in [9.17, 15) is 4.79 Å². The molecule has 0 saturated carbocycles. The first-order valence-electron chi connectivity index (χ1n) is 6.31. The zero-order valence-corrected chi connectivity index (χ0v) is 12.2. The normalized spacial score (nSPS) is 17.4. The smallest absolute Gasteiger partial charge is 0.234 e. The molecule has 5 nitrogen and oxygen atoms in total. The molecule has 0 spiro atoms.